The maximum atomic E-state index is 13.5. The summed E-state index contributed by atoms with van der Waals surface area (Å²) in [6, 6.07) is 0. The Kier molecular flexibility index (Phi) is 5.80. The van der Waals surface area contributed by atoms with E-state index in [2.05, 4.69) is 13.8 Å². The van der Waals surface area contributed by atoms with Crippen molar-refractivity contribution in [3.63, 3.8) is 0 Å². The van der Waals surface area contributed by atoms with Gasteiger partial charge in [0.15, 0.2) is 0 Å². The molecule has 6 heteroatoms. The number of hydrogen-bond donors (Lipinski definition) is 1. The molecule has 0 radical (unpaired) electrons. The van der Waals surface area contributed by atoms with E-state index in [0.29, 0.717) is 35.9 Å². The number of esters is 1. The standard InChI is InChI=1S/C25H36O6/c1-14(26)18-6-7-19-17-5-4-15-12-16(31-23(30)9-8-22(28)29)10-11-24(15,2)20(17)13-21(27)25(18,19)3/h15-20H,4-13H2,1-3H3,(H,28,29)/t15-,16+,17-,18+,19-,20-,24-,25+/m0/s1. The summed E-state index contributed by atoms with van der Waals surface area (Å²) < 4.78 is 5.61. The third-order valence-corrected chi connectivity index (χ3v) is 9.81. The Morgan fingerprint density at radius 3 is 2.45 bits per heavy atom. The minimum absolute atomic E-state index is 0.0676. The molecule has 0 unspecified atom stereocenters. The molecule has 0 aliphatic heterocycles. The number of rotatable bonds is 5. The van der Waals surface area contributed by atoms with Crippen LogP contribution in [0.4, 0.5) is 0 Å². The molecule has 0 heterocycles. The minimum atomic E-state index is -0.987. The highest BCUT2D eigenvalue weighted by atomic mass is 16.5. The van der Waals surface area contributed by atoms with Crippen LogP contribution in [0.5, 0.6) is 0 Å². The van der Waals surface area contributed by atoms with Crippen LogP contribution in [0.1, 0.15) is 85.0 Å². The Labute approximate surface area is 184 Å². The van der Waals surface area contributed by atoms with Crippen molar-refractivity contribution in [2.24, 2.45) is 40.4 Å². The average molecular weight is 433 g/mol. The molecule has 0 aromatic carbocycles. The smallest absolute Gasteiger partial charge is 0.306 e. The number of fused-ring (bicyclic) bond motifs is 5. The summed E-state index contributed by atoms with van der Waals surface area (Å²) >= 11 is 0. The highest BCUT2D eigenvalue weighted by molar-refractivity contribution is 5.93. The van der Waals surface area contributed by atoms with Crippen LogP contribution < -0.4 is 0 Å². The number of ketones is 2. The first-order chi connectivity index (χ1) is 14.6. The monoisotopic (exact) mass is 432 g/mol. The van der Waals surface area contributed by atoms with Gasteiger partial charge in [0.05, 0.1) is 12.8 Å². The summed E-state index contributed by atoms with van der Waals surface area (Å²) in [5, 5.41) is 8.76. The molecule has 0 aromatic heterocycles. The van der Waals surface area contributed by atoms with E-state index in [1.54, 1.807) is 6.92 Å². The molecule has 0 amide bonds. The van der Waals surface area contributed by atoms with Gasteiger partial charge in [0.1, 0.15) is 17.7 Å². The summed E-state index contributed by atoms with van der Waals surface area (Å²) in [6.07, 6.45) is 6.68. The number of carbonyl (C=O) groups is 4. The Morgan fingerprint density at radius 2 is 1.77 bits per heavy atom. The fourth-order valence-electron chi connectivity index (χ4n) is 8.14. The van der Waals surface area contributed by atoms with E-state index in [-0.39, 0.29) is 36.1 Å². The summed E-state index contributed by atoms with van der Waals surface area (Å²) in [7, 11) is 0. The number of aliphatic carboxylic acids is 1. The Morgan fingerprint density at radius 1 is 1.03 bits per heavy atom. The highest BCUT2D eigenvalue weighted by Gasteiger charge is 2.64. The highest BCUT2D eigenvalue weighted by Crippen LogP contribution is 2.66. The van der Waals surface area contributed by atoms with Gasteiger partial charge in [-0.05, 0) is 81.0 Å². The van der Waals surface area contributed by atoms with Crippen molar-refractivity contribution < 1.29 is 29.0 Å². The van der Waals surface area contributed by atoms with Crippen molar-refractivity contribution in [1.29, 1.82) is 0 Å². The van der Waals surface area contributed by atoms with E-state index in [1.165, 1.54) is 0 Å². The van der Waals surface area contributed by atoms with E-state index in [4.69, 9.17) is 9.84 Å². The zero-order chi connectivity index (χ0) is 22.6. The first-order valence-electron chi connectivity index (χ1n) is 12.0. The molecule has 4 saturated carbocycles. The predicted molar refractivity (Wildman–Crippen MR) is 113 cm³/mol. The molecule has 31 heavy (non-hydrogen) atoms. The van der Waals surface area contributed by atoms with E-state index >= 15 is 0 Å². The molecule has 0 bridgehead atoms. The van der Waals surface area contributed by atoms with Crippen molar-refractivity contribution in [2.75, 3.05) is 0 Å². The summed E-state index contributed by atoms with van der Waals surface area (Å²) in [6.45, 7) is 6.05. The third kappa shape index (κ3) is 3.64. The second-order valence-electron chi connectivity index (χ2n) is 11.1. The van der Waals surface area contributed by atoms with Gasteiger partial charge < -0.3 is 9.84 Å². The van der Waals surface area contributed by atoms with Crippen LogP contribution in [0.25, 0.3) is 0 Å². The molecule has 0 saturated heterocycles. The third-order valence-electron chi connectivity index (χ3n) is 9.81. The maximum Gasteiger partial charge on any atom is 0.306 e. The second kappa shape index (κ2) is 8.00. The van der Waals surface area contributed by atoms with Crippen LogP contribution in [0, 0.1) is 40.4 Å². The Bertz CT molecular complexity index is 789. The van der Waals surface area contributed by atoms with Crippen LogP contribution in [0.2, 0.25) is 0 Å². The van der Waals surface area contributed by atoms with Gasteiger partial charge in [-0.25, -0.2) is 0 Å². The molecule has 1 N–H and O–H groups in total. The number of Topliss-reactive ketones (excluding diaryl/α,β-unsaturated/α-hetero) is 2. The molecule has 0 spiro atoms. The van der Waals surface area contributed by atoms with Gasteiger partial charge in [0.25, 0.3) is 0 Å². The predicted octanol–water partition coefficient (Wildman–Crippen LogP) is 4.19. The fraction of sp³-hybridized carbons (Fsp3) is 0.840. The molecule has 0 aromatic rings. The lowest BCUT2D eigenvalue weighted by Gasteiger charge is -2.60. The fourth-order valence-corrected chi connectivity index (χ4v) is 8.14. The van der Waals surface area contributed by atoms with Crippen molar-refractivity contribution in [2.45, 2.75) is 91.1 Å². The lowest BCUT2D eigenvalue weighted by molar-refractivity contribution is -0.169. The van der Waals surface area contributed by atoms with E-state index in [0.717, 1.165) is 44.9 Å². The van der Waals surface area contributed by atoms with Gasteiger partial charge in [0.2, 0.25) is 0 Å². The number of ether oxygens (including phenoxy) is 1. The molecular formula is C25H36O6. The van der Waals surface area contributed by atoms with Gasteiger partial charge in [-0.1, -0.05) is 13.8 Å². The van der Waals surface area contributed by atoms with Crippen LogP contribution in [-0.4, -0.2) is 34.7 Å². The second-order valence-corrected chi connectivity index (χ2v) is 11.1. The number of carboxylic acids is 1. The zero-order valence-corrected chi connectivity index (χ0v) is 19.0. The quantitative estimate of drug-likeness (QED) is 0.654. The van der Waals surface area contributed by atoms with E-state index in [9.17, 15) is 19.2 Å². The van der Waals surface area contributed by atoms with Crippen molar-refractivity contribution >= 4 is 23.5 Å². The van der Waals surface area contributed by atoms with E-state index < -0.39 is 17.4 Å². The SMILES string of the molecule is CC(=O)[C@H]1CC[C@H]2[C@@H]3CC[C@H]4C[C@H](OC(=O)CCC(=O)O)CC[C@]4(C)[C@H]3CC(=O)[C@]12C. The van der Waals surface area contributed by atoms with Gasteiger partial charge in [0, 0.05) is 17.8 Å². The number of carbonyl (C=O) groups excluding carboxylic acids is 3. The average Bonchev–Trinajstić information content (AvgIpc) is 3.07. The van der Waals surface area contributed by atoms with Gasteiger partial charge in [-0.2, -0.15) is 0 Å². The van der Waals surface area contributed by atoms with Crippen LogP contribution in [0.3, 0.4) is 0 Å². The molecular weight excluding hydrogens is 396 g/mol. The first-order valence-corrected chi connectivity index (χ1v) is 12.0. The topological polar surface area (TPSA) is 97.7 Å². The molecule has 4 aliphatic rings. The Hall–Kier alpha value is -1.72. The minimum Gasteiger partial charge on any atom is -0.481 e. The first kappa shape index (κ1) is 22.5. The molecule has 4 aliphatic carbocycles. The van der Waals surface area contributed by atoms with Crippen molar-refractivity contribution in [3.8, 4) is 0 Å². The largest absolute Gasteiger partial charge is 0.481 e. The molecule has 4 fully saturated rings. The van der Waals surface area contributed by atoms with Gasteiger partial charge in [-0.15, -0.1) is 0 Å². The van der Waals surface area contributed by atoms with Crippen LogP contribution >= 0.6 is 0 Å². The zero-order valence-electron chi connectivity index (χ0n) is 19.0. The molecule has 4 rings (SSSR count). The summed E-state index contributed by atoms with van der Waals surface area (Å²) in [5.41, 5.74) is -0.411. The molecule has 8 atom stereocenters. The molecule has 172 valence electrons. The summed E-state index contributed by atoms with van der Waals surface area (Å²) in [5.74, 6) is 0.530. The molecule has 6 nitrogen and oxygen atoms in total. The lowest BCUT2D eigenvalue weighted by atomic mass is 9.44. The number of carboxylic acid groups (broad SMARTS) is 1. The summed E-state index contributed by atoms with van der Waals surface area (Å²) in [4.78, 5) is 48.4. The van der Waals surface area contributed by atoms with Crippen molar-refractivity contribution in [3.05, 3.63) is 0 Å². The van der Waals surface area contributed by atoms with Crippen LogP contribution in [-0.2, 0) is 23.9 Å². The Balaban J connectivity index is 1.46. The normalized spacial score (nSPS) is 44.0. The van der Waals surface area contributed by atoms with Crippen LogP contribution in [0.15, 0.2) is 0 Å². The van der Waals surface area contributed by atoms with Crippen molar-refractivity contribution in [1.82, 2.24) is 0 Å². The lowest BCUT2D eigenvalue weighted by Crippen LogP contribution is -2.57. The van der Waals surface area contributed by atoms with Gasteiger partial charge >= 0.3 is 11.9 Å². The van der Waals surface area contributed by atoms with E-state index in [1.807, 2.05) is 0 Å². The maximum absolute atomic E-state index is 13.5. The number of hydrogen-bond acceptors (Lipinski definition) is 5. The van der Waals surface area contributed by atoms with Gasteiger partial charge in [-0.3, -0.25) is 19.2 Å².